The second kappa shape index (κ2) is 34.0. The molecule has 1 fully saturated rings. The fourth-order valence-corrected chi connectivity index (χ4v) is 7.53. The first-order valence-electron chi connectivity index (χ1n) is 21.5. The highest BCUT2D eigenvalue weighted by Crippen LogP contribution is 2.40. The number of unbranched alkanes of at least 4 members (excludes halogenated alkanes) is 18. The van der Waals surface area contributed by atoms with Gasteiger partial charge in [0.2, 0.25) is 0 Å². The number of rotatable bonds is 36. The van der Waals surface area contributed by atoms with Gasteiger partial charge in [0, 0.05) is 31.7 Å². The van der Waals surface area contributed by atoms with Crippen LogP contribution in [0.4, 0.5) is 0 Å². The molecule has 0 N–H and O–H groups in total. The molecule has 3 heteroatoms. The van der Waals surface area contributed by atoms with Gasteiger partial charge < -0.3 is 14.4 Å². The number of ether oxygens (including phenoxy) is 2. The summed E-state index contributed by atoms with van der Waals surface area (Å²) in [5.41, 5.74) is 0.367. The second-order valence-electron chi connectivity index (χ2n) is 15.6. The van der Waals surface area contributed by atoms with E-state index in [-0.39, 0.29) is 0 Å². The third-order valence-corrected chi connectivity index (χ3v) is 10.1. The molecular formula is C46H85NO2. The highest BCUT2D eigenvalue weighted by Gasteiger charge is 2.43. The van der Waals surface area contributed by atoms with E-state index >= 15 is 0 Å². The minimum absolute atomic E-state index is 0.339. The van der Waals surface area contributed by atoms with Crippen molar-refractivity contribution in [1.82, 2.24) is 4.90 Å². The Morgan fingerprint density at radius 3 is 1.14 bits per heavy atom. The summed E-state index contributed by atoms with van der Waals surface area (Å²) in [6.07, 6.45) is 52.8. The van der Waals surface area contributed by atoms with Crippen molar-refractivity contribution in [2.75, 3.05) is 33.4 Å². The number of likely N-dealkylation sites (tertiary alicyclic amines) is 1. The van der Waals surface area contributed by atoms with Gasteiger partial charge in [0.1, 0.15) is 0 Å². The van der Waals surface area contributed by atoms with E-state index in [1.807, 2.05) is 0 Å². The Morgan fingerprint density at radius 1 is 0.469 bits per heavy atom. The molecule has 0 saturated carbocycles. The fraction of sp³-hybridized carbons (Fsp3) is 0.826. The number of nitrogens with zero attached hydrogens (tertiary/aromatic N) is 1. The molecule has 2 atom stereocenters. The Balaban J connectivity index is 1.99. The zero-order valence-electron chi connectivity index (χ0n) is 33.8. The molecule has 0 aromatic carbocycles. The average molecular weight is 684 g/mol. The number of hydrogen-bond acceptors (Lipinski definition) is 3. The Labute approximate surface area is 307 Å². The van der Waals surface area contributed by atoms with Crippen LogP contribution in [0, 0.1) is 5.41 Å². The molecule has 0 aromatic heterocycles. The van der Waals surface area contributed by atoms with Crippen LogP contribution in [0.5, 0.6) is 0 Å². The molecule has 0 radical (unpaired) electrons. The molecule has 1 heterocycles. The maximum Gasteiger partial charge on any atom is 0.0553 e. The smallest absolute Gasteiger partial charge is 0.0553 e. The van der Waals surface area contributed by atoms with Crippen molar-refractivity contribution in [2.24, 2.45) is 5.41 Å². The molecule has 0 aliphatic carbocycles. The summed E-state index contributed by atoms with van der Waals surface area (Å²) in [6.45, 7) is 13.3. The fourth-order valence-electron chi connectivity index (χ4n) is 7.53. The predicted octanol–water partition coefficient (Wildman–Crippen LogP) is 14.1. The van der Waals surface area contributed by atoms with Gasteiger partial charge in [0.05, 0.1) is 12.2 Å². The van der Waals surface area contributed by atoms with Crippen molar-refractivity contribution < 1.29 is 9.47 Å². The van der Waals surface area contributed by atoms with Crippen LogP contribution >= 0.6 is 0 Å². The Morgan fingerprint density at radius 2 is 0.796 bits per heavy atom. The van der Waals surface area contributed by atoms with Gasteiger partial charge in [-0.1, -0.05) is 140 Å². The number of allylic oxidation sites excluding steroid dienone is 8. The van der Waals surface area contributed by atoms with E-state index in [9.17, 15) is 0 Å². The van der Waals surface area contributed by atoms with Gasteiger partial charge in [-0.05, 0) is 111 Å². The Hall–Kier alpha value is -1.16. The van der Waals surface area contributed by atoms with Gasteiger partial charge in [-0.2, -0.15) is 0 Å². The normalized spacial score (nSPS) is 16.5. The van der Waals surface area contributed by atoms with Crippen LogP contribution in [-0.2, 0) is 9.47 Å². The van der Waals surface area contributed by atoms with E-state index in [0.717, 1.165) is 38.9 Å². The number of hydrogen-bond donors (Lipinski definition) is 0. The van der Waals surface area contributed by atoms with Crippen molar-refractivity contribution in [1.29, 1.82) is 0 Å². The third-order valence-electron chi connectivity index (χ3n) is 10.1. The average Bonchev–Trinajstić information content (AvgIpc) is 3.07. The van der Waals surface area contributed by atoms with Crippen molar-refractivity contribution in [2.45, 2.75) is 207 Å². The molecule has 1 rings (SSSR count). The van der Waals surface area contributed by atoms with Crippen LogP contribution in [0.2, 0.25) is 0 Å². The van der Waals surface area contributed by atoms with E-state index in [0.29, 0.717) is 17.6 Å². The van der Waals surface area contributed by atoms with E-state index in [2.05, 4.69) is 88.3 Å². The molecule has 1 aliphatic rings. The minimum atomic E-state index is 0.339. The lowest BCUT2D eigenvalue weighted by Crippen LogP contribution is -2.56. The topological polar surface area (TPSA) is 21.7 Å². The van der Waals surface area contributed by atoms with Crippen LogP contribution in [0.3, 0.4) is 0 Å². The van der Waals surface area contributed by atoms with Gasteiger partial charge in [-0.3, -0.25) is 0 Å². The molecule has 49 heavy (non-hydrogen) atoms. The second-order valence-corrected chi connectivity index (χ2v) is 15.6. The molecule has 0 bridgehead atoms. The first-order valence-corrected chi connectivity index (χ1v) is 21.5. The van der Waals surface area contributed by atoms with Crippen molar-refractivity contribution >= 4 is 0 Å². The Bertz CT molecular complexity index is 748. The minimum Gasteiger partial charge on any atom is -0.378 e. The van der Waals surface area contributed by atoms with Crippen LogP contribution in [0.1, 0.15) is 195 Å². The summed E-state index contributed by atoms with van der Waals surface area (Å²) in [5, 5.41) is 0. The van der Waals surface area contributed by atoms with E-state index in [1.54, 1.807) is 0 Å². The zero-order valence-corrected chi connectivity index (χ0v) is 33.8. The van der Waals surface area contributed by atoms with Gasteiger partial charge >= 0.3 is 0 Å². The van der Waals surface area contributed by atoms with Crippen LogP contribution in [0.15, 0.2) is 48.6 Å². The zero-order chi connectivity index (χ0) is 35.5. The van der Waals surface area contributed by atoms with Gasteiger partial charge in [0.25, 0.3) is 0 Å². The molecule has 0 amide bonds. The summed E-state index contributed by atoms with van der Waals surface area (Å²) in [6, 6.07) is 0. The summed E-state index contributed by atoms with van der Waals surface area (Å²) < 4.78 is 12.7. The van der Waals surface area contributed by atoms with E-state index < -0.39 is 0 Å². The quantitative estimate of drug-likeness (QED) is 0.0485. The molecule has 3 nitrogen and oxygen atoms in total. The lowest BCUT2D eigenvalue weighted by molar-refractivity contribution is -0.0753. The highest BCUT2D eigenvalue weighted by atomic mass is 16.5. The maximum absolute atomic E-state index is 6.33. The van der Waals surface area contributed by atoms with Gasteiger partial charge in [-0.15, -0.1) is 0 Å². The molecule has 2 unspecified atom stereocenters. The SMILES string of the molecule is CCCCC/C=C\C/C=C\CCCCCCCCOC(C)CC1(CC(C)OCCCCCCCC/C=C\C/C=C\CCCCC)CN(C)C1. The van der Waals surface area contributed by atoms with Gasteiger partial charge in [0.15, 0.2) is 0 Å². The molecule has 1 saturated heterocycles. The standard InChI is InChI=1S/C46H85NO2/c1-6-8-10-12-14-16-18-20-22-24-26-28-30-32-34-36-38-48-44(3)40-46(42-47(5)43-46)41-45(4)49-39-37-35-33-31-29-27-25-23-21-19-17-15-13-11-9-7-2/h14-17,20-23,44-45H,6-13,18-19,24-43H2,1-5H3/b16-14-,17-15-,22-20-,23-21-. The van der Waals surface area contributed by atoms with Gasteiger partial charge in [-0.25, -0.2) is 0 Å². The Kier molecular flexibility index (Phi) is 31.8. The van der Waals surface area contributed by atoms with Crippen molar-refractivity contribution in [3.63, 3.8) is 0 Å². The first-order chi connectivity index (χ1) is 24.0. The molecule has 0 spiro atoms. The van der Waals surface area contributed by atoms with Crippen LogP contribution in [0.25, 0.3) is 0 Å². The maximum atomic E-state index is 6.33. The monoisotopic (exact) mass is 684 g/mol. The third kappa shape index (κ3) is 29.2. The molecule has 286 valence electrons. The van der Waals surface area contributed by atoms with E-state index in [4.69, 9.17) is 9.47 Å². The van der Waals surface area contributed by atoms with Crippen LogP contribution < -0.4 is 0 Å². The van der Waals surface area contributed by atoms with Crippen LogP contribution in [-0.4, -0.2) is 50.5 Å². The van der Waals surface area contributed by atoms with E-state index in [1.165, 1.54) is 154 Å². The lowest BCUT2D eigenvalue weighted by Gasteiger charge is -2.51. The largest absolute Gasteiger partial charge is 0.378 e. The molecule has 1 aliphatic heterocycles. The summed E-state index contributed by atoms with van der Waals surface area (Å²) in [7, 11) is 2.25. The van der Waals surface area contributed by atoms with Crippen molar-refractivity contribution in [3.8, 4) is 0 Å². The summed E-state index contributed by atoms with van der Waals surface area (Å²) in [5.74, 6) is 0. The molecule has 0 aromatic rings. The lowest BCUT2D eigenvalue weighted by atomic mass is 9.72. The van der Waals surface area contributed by atoms with Crippen molar-refractivity contribution in [3.05, 3.63) is 48.6 Å². The summed E-state index contributed by atoms with van der Waals surface area (Å²) in [4.78, 5) is 2.46. The molecular weight excluding hydrogens is 599 g/mol. The highest BCUT2D eigenvalue weighted by molar-refractivity contribution is 4.96. The first kappa shape index (κ1) is 45.9. The predicted molar refractivity (Wildman–Crippen MR) is 219 cm³/mol. The summed E-state index contributed by atoms with van der Waals surface area (Å²) >= 11 is 0.